The molecule has 2 rings (SSSR count). The van der Waals surface area contributed by atoms with Crippen molar-refractivity contribution >= 4 is 27.5 Å². The van der Waals surface area contributed by atoms with Gasteiger partial charge in [-0.3, -0.25) is 4.79 Å². The lowest BCUT2D eigenvalue weighted by atomic mass is 10.1. The van der Waals surface area contributed by atoms with Crippen molar-refractivity contribution in [3.05, 3.63) is 28.2 Å². The summed E-state index contributed by atoms with van der Waals surface area (Å²) in [5.74, 6) is 0.124. The Morgan fingerprint density at radius 1 is 1.57 bits per heavy atom. The van der Waals surface area contributed by atoms with Crippen LogP contribution in [0.2, 0.25) is 0 Å². The van der Waals surface area contributed by atoms with Crippen LogP contribution >= 0.6 is 15.9 Å². The second kappa shape index (κ2) is 3.39. The van der Waals surface area contributed by atoms with Gasteiger partial charge in [-0.25, -0.2) is 0 Å². The standard InChI is InChI=1S/C11H12BrNO/c1-7-5-9-6-10(12)3-4-11(9)13(7)8(2)14/h3-4,6-7H,5H2,1-2H3. The van der Waals surface area contributed by atoms with E-state index in [-0.39, 0.29) is 11.9 Å². The minimum Gasteiger partial charge on any atom is -0.309 e. The molecule has 0 spiro atoms. The summed E-state index contributed by atoms with van der Waals surface area (Å²) in [6.07, 6.45) is 0.953. The molecule has 3 heteroatoms. The molecular formula is C11H12BrNO. The molecule has 1 unspecified atom stereocenters. The Bertz CT molecular complexity index is 389. The highest BCUT2D eigenvalue weighted by molar-refractivity contribution is 9.10. The van der Waals surface area contributed by atoms with E-state index < -0.39 is 0 Å². The van der Waals surface area contributed by atoms with E-state index in [0.29, 0.717) is 0 Å². The fraction of sp³-hybridized carbons (Fsp3) is 0.364. The van der Waals surface area contributed by atoms with E-state index in [1.807, 2.05) is 17.0 Å². The number of carbonyl (C=O) groups excluding carboxylic acids is 1. The summed E-state index contributed by atoms with van der Waals surface area (Å²) in [7, 11) is 0. The minimum atomic E-state index is 0.124. The van der Waals surface area contributed by atoms with Gasteiger partial charge in [0.2, 0.25) is 5.91 Å². The molecule has 74 valence electrons. The summed E-state index contributed by atoms with van der Waals surface area (Å²) >= 11 is 3.44. The predicted octanol–water partition coefficient (Wildman–Crippen LogP) is 2.75. The van der Waals surface area contributed by atoms with E-state index >= 15 is 0 Å². The molecule has 0 saturated heterocycles. The summed E-state index contributed by atoms with van der Waals surface area (Å²) in [4.78, 5) is 13.3. The second-order valence-electron chi connectivity index (χ2n) is 3.72. The van der Waals surface area contributed by atoms with Crippen molar-refractivity contribution in [1.29, 1.82) is 0 Å². The Balaban J connectivity index is 2.48. The lowest BCUT2D eigenvalue weighted by Gasteiger charge is -2.20. The van der Waals surface area contributed by atoms with Crippen molar-refractivity contribution < 1.29 is 4.79 Å². The third kappa shape index (κ3) is 1.46. The van der Waals surface area contributed by atoms with Gasteiger partial charge in [-0.15, -0.1) is 0 Å². The minimum absolute atomic E-state index is 0.124. The Morgan fingerprint density at radius 3 is 2.93 bits per heavy atom. The summed E-state index contributed by atoms with van der Waals surface area (Å²) in [5.41, 5.74) is 2.32. The molecule has 0 N–H and O–H groups in total. The lowest BCUT2D eigenvalue weighted by molar-refractivity contribution is -0.116. The number of hydrogen-bond donors (Lipinski definition) is 0. The second-order valence-corrected chi connectivity index (χ2v) is 4.63. The summed E-state index contributed by atoms with van der Waals surface area (Å²) in [6.45, 7) is 3.70. The van der Waals surface area contributed by atoms with Crippen LogP contribution in [0.4, 0.5) is 5.69 Å². The van der Waals surface area contributed by atoms with E-state index in [9.17, 15) is 4.79 Å². The molecule has 1 aliphatic rings. The van der Waals surface area contributed by atoms with Crippen molar-refractivity contribution in [1.82, 2.24) is 0 Å². The van der Waals surface area contributed by atoms with E-state index in [0.717, 1.165) is 16.6 Å². The van der Waals surface area contributed by atoms with Crippen LogP contribution in [0.5, 0.6) is 0 Å². The Hall–Kier alpha value is -0.830. The quantitative estimate of drug-likeness (QED) is 0.697. The molecule has 0 radical (unpaired) electrons. The summed E-state index contributed by atoms with van der Waals surface area (Å²) in [6, 6.07) is 6.36. The molecule has 0 bridgehead atoms. The van der Waals surface area contributed by atoms with Crippen molar-refractivity contribution in [3.8, 4) is 0 Å². The van der Waals surface area contributed by atoms with Crippen LogP contribution in [0.1, 0.15) is 19.4 Å². The summed E-state index contributed by atoms with van der Waals surface area (Å²) < 4.78 is 1.08. The molecule has 1 aromatic carbocycles. The number of rotatable bonds is 0. The Morgan fingerprint density at radius 2 is 2.29 bits per heavy atom. The molecule has 2 nitrogen and oxygen atoms in total. The fourth-order valence-electron chi connectivity index (χ4n) is 2.08. The third-order valence-electron chi connectivity index (χ3n) is 2.60. The maximum Gasteiger partial charge on any atom is 0.224 e. The third-order valence-corrected chi connectivity index (χ3v) is 3.09. The number of fused-ring (bicyclic) bond motifs is 1. The molecule has 0 aromatic heterocycles. The molecule has 0 aliphatic carbocycles. The van der Waals surface area contributed by atoms with Gasteiger partial charge in [-0.2, -0.15) is 0 Å². The largest absolute Gasteiger partial charge is 0.309 e. The van der Waals surface area contributed by atoms with Gasteiger partial charge >= 0.3 is 0 Å². The molecular weight excluding hydrogens is 242 g/mol. The van der Waals surface area contributed by atoms with Gasteiger partial charge in [0.05, 0.1) is 0 Å². The van der Waals surface area contributed by atoms with E-state index in [2.05, 4.69) is 28.9 Å². The normalized spacial score (nSPS) is 19.6. The van der Waals surface area contributed by atoms with Crippen LogP contribution in [0, 0.1) is 0 Å². The smallest absolute Gasteiger partial charge is 0.224 e. The first-order valence-corrected chi connectivity index (χ1v) is 5.47. The van der Waals surface area contributed by atoms with Gasteiger partial charge in [0.25, 0.3) is 0 Å². The molecule has 0 saturated carbocycles. The molecule has 1 atom stereocenters. The number of benzene rings is 1. The molecule has 0 fully saturated rings. The zero-order valence-electron chi connectivity index (χ0n) is 8.25. The van der Waals surface area contributed by atoms with Gasteiger partial charge in [-0.05, 0) is 37.1 Å². The highest BCUT2D eigenvalue weighted by atomic mass is 79.9. The highest BCUT2D eigenvalue weighted by Crippen LogP contribution is 2.33. The predicted molar refractivity (Wildman–Crippen MR) is 60.5 cm³/mol. The maximum atomic E-state index is 11.4. The van der Waals surface area contributed by atoms with Crippen LogP contribution in [-0.2, 0) is 11.2 Å². The SMILES string of the molecule is CC(=O)N1c2ccc(Br)cc2CC1C. The van der Waals surface area contributed by atoms with Crippen molar-refractivity contribution in [2.45, 2.75) is 26.3 Å². The molecule has 1 heterocycles. The highest BCUT2D eigenvalue weighted by Gasteiger charge is 2.28. The monoisotopic (exact) mass is 253 g/mol. The van der Waals surface area contributed by atoms with Crippen LogP contribution in [0.15, 0.2) is 22.7 Å². The van der Waals surface area contributed by atoms with E-state index in [1.165, 1.54) is 5.56 Å². The van der Waals surface area contributed by atoms with Gasteiger partial charge in [0, 0.05) is 23.1 Å². The summed E-state index contributed by atoms with van der Waals surface area (Å²) in [5, 5.41) is 0. The number of halogens is 1. The number of nitrogens with zero attached hydrogens (tertiary/aromatic N) is 1. The molecule has 1 aromatic rings. The van der Waals surface area contributed by atoms with Crippen molar-refractivity contribution in [2.75, 3.05) is 4.90 Å². The lowest BCUT2D eigenvalue weighted by Crippen LogP contribution is -2.33. The molecule has 1 amide bonds. The van der Waals surface area contributed by atoms with Crippen molar-refractivity contribution in [3.63, 3.8) is 0 Å². The van der Waals surface area contributed by atoms with Gasteiger partial charge in [-0.1, -0.05) is 15.9 Å². The van der Waals surface area contributed by atoms with Crippen LogP contribution in [-0.4, -0.2) is 11.9 Å². The van der Waals surface area contributed by atoms with Crippen molar-refractivity contribution in [2.24, 2.45) is 0 Å². The van der Waals surface area contributed by atoms with Gasteiger partial charge in [0.15, 0.2) is 0 Å². The zero-order valence-corrected chi connectivity index (χ0v) is 9.84. The van der Waals surface area contributed by atoms with Crippen LogP contribution in [0.3, 0.4) is 0 Å². The fourth-order valence-corrected chi connectivity index (χ4v) is 2.49. The first kappa shape index (κ1) is 9.71. The van der Waals surface area contributed by atoms with E-state index in [1.54, 1.807) is 6.92 Å². The first-order valence-electron chi connectivity index (χ1n) is 4.68. The molecule has 1 aliphatic heterocycles. The Kier molecular flexibility index (Phi) is 2.35. The number of anilines is 1. The molecule has 14 heavy (non-hydrogen) atoms. The first-order chi connectivity index (χ1) is 6.59. The number of amides is 1. The average molecular weight is 254 g/mol. The number of hydrogen-bond acceptors (Lipinski definition) is 1. The topological polar surface area (TPSA) is 20.3 Å². The van der Waals surface area contributed by atoms with Crippen LogP contribution in [0.25, 0.3) is 0 Å². The zero-order chi connectivity index (χ0) is 10.3. The number of carbonyl (C=O) groups is 1. The van der Waals surface area contributed by atoms with E-state index in [4.69, 9.17) is 0 Å². The van der Waals surface area contributed by atoms with Gasteiger partial charge < -0.3 is 4.90 Å². The average Bonchev–Trinajstić information content (AvgIpc) is 2.39. The Labute approximate surface area is 92.0 Å². The maximum absolute atomic E-state index is 11.4. The van der Waals surface area contributed by atoms with Gasteiger partial charge in [0.1, 0.15) is 0 Å². The van der Waals surface area contributed by atoms with Crippen LogP contribution < -0.4 is 4.90 Å².